The third-order valence-electron chi connectivity index (χ3n) is 3.40. The number of hydrogen-bond acceptors (Lipinski definition) is 4. The van der Waals surface area contributed by atoms with Gasteiger partial charge in [0.05, 0.1) is 0 Å². The van der Waals surface area contributed by atoms with Gasteiger partial charge >= 0.3 is 0 Å². The summed E-state index contributed by atoms with van der Waals surface area (Å²) in [5.41, 5.74) is 1.16. The Labute approximate surface area is 103 Å². The van der Waals surface area contributed by atoms with E-state index in [9.17, 15) is 0 Å². The fourth-order valence-corrected chi connectivity index (χ4v) is 2.04. The summed E-state index contributed by atoms with van der Waals surface area (Å²) in [5.74, 6) is 1.41. The molecule has 1 N–H and O–H groups in total. The lowest BCUT2D eigenvalue weighted by molar-refractivity contribution is 0.693. The molecule has 1 aromatic rings. The van der Waals surface area contributed by atoms with Gasteiger partial charge < -0.3 is 10.2 Å². The predicted octanol–water partition coefficient (Wildman–Crippen LogP) is 1.79. The van der Waals surface area contributed by atoms with E-state index < -0.39 is 0 Å². The number of anilines is 1. The Hall–Kier alpha value is -1.16. The lowest BCUT2D eigenvalue weighted by Gasteiger charge is -2.20. The summed E-state index contributed by atoms with van der Waals surface area (Å²) < 4.78 is 0. The van der Waals surface area contributed by atoms with Crippen LogP contribution in [0.25, 0.3) is 0 Å². The van der Waals surface area contributed by atoms with Gasteiger partial charge in [-0.2, -0.15) is 0 Å². The number of aromatic nitrogens is 2. The fraction of sp³-hybridized carbons (Fsp3) is 0.692. The number of nitrogens with zero attached hydrogens (tertiary/aromatic N) is 3. The van der Waals surface area contributed by atoms with Gasteiger partial charge in [-0.15, -0.1) is 0 Å². The molecule has 0 amide bonds. The molecule has 1 aliphatic rings. The molecule has 4 heteroatoms. The third kappa shape index (κ3) is 3.16. The summed E-state index contributed by atoms with van der Waals surface area (Å²) in [6.07, 6.45) is 4.18. The van der Waals surface area contributed by atoms with Crippen LogP contribution in [0, 0.1) is 0 Å². The van der Waals surface area contributed by atoms with Crippen molar-refractivity contribution in [2.75, 3.05) is 31.1 Å². The van der Waals surface area contributed by atoms with Gasteiger partial charge in [-0.3, -0.25) is 0 Å². The maximum Gasteiger partial charge on any atom is 0.225 e. The highest BCUT2D eigenvalue weighted by atomic mass is 15.3. The average molecular weight is 234 g/mol. The fourth-order valence-electron chi connectivity index (χ4n) is 2.04. The van der Waals surface area contributed by atoms with Crippen molar-refractivity contribution in [1.82, 2.24) is 15.3 Å². The molecule has 4 nitrogen and oxygen atoms in total. The first-order valence-electron chi connectivity index (χ1n) is 6.60. The molecule has 0 spiro atoms. The molecule has 2 heterocycles. The van der Waals surface area contributed by atoms with E-state index in [-0.39, 0.29) is 0 Å². The zero-order valence-corrected chi connectivity index (χ0v) is 10.8. The predicted molar refractivity (Wildman–Crippen MR) is 70.4 cm³/mol. The number of hydrogen-bond donors (Lipinski definition) is 1. The normalized spacial score (nSPS) is 18.8. The first-order chi connectivity index (χ1) is 8.31. The van der Waals surface area contributed by atoms with Gasteiger partial charge in [0.2, 0.25) is 5.95 Å². The van der Waals surface area contributed by atoms with Gasteiger partial charge in [-0.05, 0) is 31.4 Å². The Morgan fingerprint density at radius 1 is 1.41 bits per heavy atom. The highest BCUT2D eigenvalue weighted by Gasteiger charge is 2.13. The van der Waals surface area contributed by atoms with E-state index in [0.29, 0.717) is 5.92 Å². The second kappa shape index (κ2) is 5.96. The van der Waals surface area contributed by atoms with Gasteiger partial charge in [0, 0.05) is 31.5 Å². The average Bonchev–Trinajstić information content (AvgIpc) is 2.67. The van der Waals surface area contributed by atoms with Crippen molar-refractivity contribution in [1.29, 1.82) is 0 Å². The highest BCUT2D eigenvalue weighted by Crippen LogP contribution is 2.18. The minimum atomic E-state index is 0.516. The van der Waals surface area contributed by atoms with Gasteiger partial charge in [-0.1, -0.05) is 13.8 Å². The first-order valence-corrected chi connectivity index (χ1v) is 6.60. The molecule has 0 aromatic carbocycles. The van der Waals surface area contributed by atoms with E-state index in [1.165, 1.54) is 0 Å². The van der Waals surface area contributed by atoms with Crippen LogP contribution in [-0.4, -0.2) is 36.1 Å². The summed E-state index contributed by atoms with van der Waals surface area (Å²) in [4.78, 5) is 11.4. The molecule has 2 rings (SSSR count). The van der Waals surface area contributed by atoms with E-state index in [2.05, 4.69) is 29.0 Å². The van der Waals surface area contributed by atoms with Crippen molar-refractivity contribution in [3.05, 3.63) is 18.0 Å². The maximum absolute atomic E-state index is 4.70. The molecule has 17 heavy (non-hydrogen) atoms. The second-order valence-corrected chi connectivity index (χ2v) is 4.68. The standard InChI is InChI=1S/C13H22N4/c1-3-11(2)12-5-7-15-13(16-12)17-9-4-6-14-8-10-17/h5,7,11,14H,3-4,6,8-10H2,1-2H3. The lowest BCUT2D eigenvalue weighted by Crippen LogP contribution is -2.29. The topological polar surface area (TPSA) is 41.1 Å². The van der Waals surface area contributed by atoms with E-state index in [4.69, 9.17) is 4.98 Å². The molecule has 1 saturated heterocycles. The largest absolute Gasteiger partial charge is 0.339 e. The van der Waals surface area contributed by atoms with Crippen molar-refractivity contribution in [3.8, 4) is 0 Å². The summed E-state index contributed by atoms with van der Waals surface area (Å²) >= 11 is 0. The first kappa shape index (κ1) is 12.3. The van der Waals surface area contributed by atoms with Crippen LogP contribution in [0.5, 0.6) is 0 Å². The van der Waals surface area contributed by atoms with Crippen molar-refractivity contribution >= 4 is 5.95 Å². The molecule has 1 aliphatic heterocycles. The molecule has 1 atom stereocenters. The highest BCUT2D eigenvalue weighted by molar-refractivity contribution is 5.31. The van der Waals surface area contributed by atoms with E-state index in [1.54, 1.807) is 0 Å². The Morgan fingerprint density at radius 3 is 3.12 bits per heavy atom. The SMILES string of the molecule is CCC(C)c1ccnc(N2CCCNCC2)n1. The molecule has 1 aromatic heterocycles. The quantitative estimate of drug-likeness (QED) is 0.865. The van der Waals surface area contributed by atoms with E-state index in [1.807, 2.05) is 12.3 Å². The van der Waals surface area contributed by atoms with Crippen molar-refractivity contribution in [2.45, 2.75) is 32.6 Å². The zero-order valence-electron chi connectivity index (χ0n) is 10.8. The minimum absolute atomic E-state index is 0.516. The Balaban J connectivity index is 2.13. The van der Waals surface area contributed by atoms with Crippen LogP contribution in [0.2, 0.25) is 0 Å². The molecule has 1 fully saturated rings. The zero-order chi connectivity index (χ0) is 12.1. The second-order valence-electron chi connectivity index (χ2n) is 4.68. The maximum atomic E-state index is 4.70. The van der Waals surface area contributed by atoms with Gasteiger partial charge in [0.1, 0.15) is 0 Å². The van der Waals surface area contributed by atoms with Crippen LogP contribution in [-0.2, 0) is 0 Å². The minimum Gasteiger partial charge on any atom is -0.339 e. The third-order valence-corrected chi connectivity index (χ3v) is 3.40. The molecule has 94 valence electrons. The lowest BCUT2D eigenvalue weighted by atomic mass is 10.1. The summed E-state index contributed by atoms with van der Waals surface area (Å²) in [6.45, 7) is 8.60. The molecule has 0 saturated carbocycles. The summed E-state index contributed by atoms with van der Waals surface area (Å²) in [6, 6.07) is 2.04. The summed E-state index contributed by atoms with van der Waals surface area (Å²) in [7, 11) is 0. The van der Waals surface area contributed by atoms with Crippen molar-refractivity contribution in [2.24, 2.45) is 0 Å². The van der Waals surface area contributed by atoms with Crippen molar-refractivity contribution < 1.29 is 0 Å². The molecular formula is C13H22N4. The smallest absolute Gasteiger partial charge is 0.225 e. The molecule has 1 unspecified atom stereocenters. The monoisotopic (exact) mass is 234 g/mol. The number of rotatable bonds is 3. The van der Waals surface area contributed by atoms with Gasteiger partial charge in [0.25, 0.3) is 0 Å². The van der Waals surface area contributed by atoms with Crippen molar-refractivity contribution in [3.63, 3.8) is 0 Å². The van der Waals surface area contributed by atoms with Crippen LogP contribution in [0.3, 0.4) is 0 Å². The molecule has 0 aliphatic carbocycles. The molecule has 0 bridgehead atoms. The van der Waals surface area contributed by atoms with E-state index >= 15 is 0 Å². The Kier molecular flexibility index (Phi) is 4.31. The Morgan fingerprint density at radius 2 is 2.29 bits per heavy atom. The summed E-state index contributed by atoms with van der Waals surface area (Å²) in [5, 5.41) is 3.40. The number of nitrogens with one attached hydrogen (secondary N) is 1. The Bertz CT molecular complexity index is 345. The van der Waals surface area contributed by atoms with Gasteiger partial charge in [0.15, 0.2) is 0 Å². The van der Waals surface area contributed by atoms with Gasteiger partial charge in [-0.25, -0.2) is 9.97 Å². The van der Waals surface area contributed by atoms with Crippen LogP contribution >= 0.6 is 0 Å². The van der Waals surface area contributed by atoms with Crippen LogP contribution in [0.1, 0.15) is 38.3 Å². The molecular weight excluding hydrogens is 212 g/mol. The van der Waals surface area contributed by atoms with Crippen LogP contribution < -0.4 is 10.2 Å². The van der Waals surface area contributed by atoms with Crippen LogP contribution in [0.15, 0.2) is 12.3 Å². The van der Waals surface area contributed by atoms with Crippen LogP contribution in [0.4, 0.5) is 5.95 Å². The molecule has 0 radical (unpaired) electrons. The van der Waals surface area contributed by atoms with E-state index in [0.717, 1.165) is 50.7 Å².